The molecule has 1 amide bonds. The standard InChI is InChI=1S/C16H29N5O3.HI/c1-5-12(6-2)14-9-13(24-21-14)10-19-16(17-3)20-11-15(22)18-7-8-23-4;/h9,12H,5-8,10-11H2,1-4H3,(H,18,22)(H2,17,19,20);1H. The quantitative estimate of drug-likeness (QED) is 0.209. The number of amides is 1. The van der Waals surface area contributed by atoms with E-state index in [9.17, 15) is 4.79 Å². The van der Waals surface area contributed by atoms with Crippen LogP contribution in [0.3, 0.4) is 0 Å². The zero-order valence-electron chi connectivity index (χ0n) is 15.4. The van der Waals surface area contributed by atoms with Gasteiger partial charge in [0, 0.05) is 32.7 Å². The van der Waals surface area contributed by atoms with Gasteiger partial charge < -0.3 is 25.2 Å². The van der Waals surface area contributed by atoms with Crippen LogP contribution >= 0.6 is 24.0 Å². The second-order valence-electron chi connectivity index (χ2n) is 5.35. The predicted octanol–water partition coefficient (Wildman–Crippen LogP) is 1.62. The molecule has 0 radical (unpaired) electrons. The van der Waals surface area contributed by atoms with Crippen molar-refractivity contribution in [1.29, 1.82) is 0 Å². The van der Waals surface area contributed by atoms with E-state index in [4.69, 9.17) is 9.26 Å². The summed E-state index contributed by atoms with van der Waals surface area (Å²) < 4.78 is 10.2. The number of aromatic nitrogens is 1. The Morgan fingerprint density at radius 3 is 2.64 bits per heavy atom. The van der Waals surface area contributed by atoms with Crippen molar-refractivity contribution < 1.29 is 14.1 Å². The number of guanidine groups is 1. The lowest BCUT2D eigenvalue weighted by molar-refractivity contribution is -0.120. The molecule has 0 aromatic carbocycles. The van der Waals surface area contributed by atoms with Crippen molar-refractivity contribution in [3.8, 4) is 0 Å². The van der Waals surface area contributed by atoms with Crippen LogP contribution in [-0.4, -0.2) is 50.9 Å². The zero-order valence-corrected chi connectivity index (χ0v) is 17.8. The van der Waals surface area contributed by atoms with Crippen LogP contribution in [0.4, 0.5) is 0 Å². The van der Waals surface area contributed by atoms with E-state index in [1.165, 1.54) is 0 Å². The molecule has 0 aliphatic heterocycles. The van der Waals surface area contributed by atoms with Crippen molar-refractivity contribution in [2.45, 2.75) is 39.2 Å². The topological polar surface area (TPSA) is 101 Å². The molecule has 9 heteroatoms. The van der Waals surface area contributed by atoms with Gasteiger partial charge in [-0.3, -0.25) is 9.79 Å². The summed E-state index contributed by atoms with van der Waals surface area (Å²) in [6.07, 6.45) is 2.08. The summed E-state index contributed by atoms with van der Waals surface area (Å²) in [5.41, 5.74) is 0.984. The molecule has 0 saturated heterocycles. The Morgan fingerprint density at radius 2 is 2.04 bits per heavy atom. The molecule has 1 aromatic rings. The average Bonchev–Trinajstić information content (AvgIpc) is 3.05. The van der Waals surface area contributed by atoms with Crippen molar-refractivity contribution in [1.82, 2.24) is 21.1 Å². The minimum Gasteiger partial charge on any atom is -0.383 e. The molecule has 0 aliphatic carbocycles. The Bertz CT molecular complexity index is 518. The summed E-state index contributed by atoms with van der Waals surface area (Å²) in [7, 11) is 3.24. The Morgan fingerprint density at radius 1 is 1.32 bits per heavy atom. The van der Waals surface area contributed by atoms with Gasteiger partial charge in [-0.05, 0) is 12.8 Å². The summed E-state index contributed by atoms with van der Waals surface area (Å²) >= 11 is 0. The third kappa shape index (κ3) is 9.05. The van der Waals surface area contributed by atoms with E-state index >= 15 is 0 Å². The van der Waals surface area contributed by atoms with Gasteiger partial charge in [0.25, 0.3) is 0 Å². The lowest BCUT2D eigenvalue weighted by Crippen LogP contribution is -2.43. The van der Waals surface area contributed by atoms with Gasteiger partial charge in [-0.1, -0.05) is 19.0 Å². The Kier molecular flexibility index (Phi) is 13.1. The molecule has 1 aromatic heterocycles. The van der Waals surface area contributed by atoms with E-state index in [1.54, 1.807) is 14.2 Å². The van der Waals surface area contributed by atoms with E-state index in [0.717, 1.165) is 24.3 Å². The lowest BCUT2D eigenvalue weighted by atomic mass is 9.99. The number of carbonyl (C=O) groups excluding carboxylic acids is 1. The number of carbonyl (C=O) groups is 1. The molecule has 0 atom stereocenters. The van der Waals surface area contributed by atoms with E-state index in [0.29, 0.717) is 31.6 Å². The fourth-order valence-electron chi connectivity index (χ4n) is 2.22. The zero-order chi connectivity index (χ0) is 17.8. The molecular weight excluding hydrogens is 437 g/mol. The third-order valence-electron chi connectivity index (χ3n) is 3.68. The molecule has 1 heterocycles. The first-order chi connectivity index (χ1) is 11.6. The average molecular weight is 467 g/mol. The van der Waals surface area contributed by atoms with E-state index < -0.39 is 0 Å². The van der Waals surface area contributed by atoms with Crippen LogP contribution in [0, 0.1) is 0 Å². The molecule has 0 aliphatic rings. The van der Waals surface area contributed by atoms with Crippen LogP contribution in [0.5, 0.6) is 0 Å². The van der Waals surface area contributed by atoms with Crippen LogP contribution in [0.2, 0.25) is 0 Å². The van der Waals surface area contributed by atoms with Gasteiger partial charge in [0.05, 0.1) is 25.4 Å². The number of ether oxygens (including phenoxy) is 1. The Hall–Kier alpha value is -1.36. The van der Waals surface area contributed by atoms with Crippen molar-refractivity contribution in [3.63, 3.8) is 0 Å². The highest BCUT2D eigenvalue weighted by atomic mass is 127. The Labute approximate surface area is 166 Å². The predicted molar refractivity (Wildman–Crippen MR) is 108 cm³/mol. The van der Waals surface area contributed by atoms with E-state index in [2.05, 4.69) is 39.9 Å². The molecule has 1 rings (SSSR count). The van der Waals surface area contributed by atoms with Crippen LogP contribution in [0.25, 0.3) is 0 Å². The largest absolute Gasteiger partial charge is 0.383 e. The van der Waals surface area contributed by atoms with Gasteiger partial charge in [0.15, 0.2) is 11.7 Å². The number of hydrogen-bond acceptors (Lipinski definition) is 5. The number of methoxy groups -OCH3 is 1. The molecule has 0 unspecified atom stereocenters. The van der Waals surface area contributed by atoms with Gasteiger partial charge in [-0.15, -0.1) is 24.0 Å². The lowest BCUT2D eigenvalue weighted by Gasteiger charge is -2.10. The number of hydrogen-bond donors (Lipinski definition) is 3. The van der Waals surface area contributed by atoms with Crippen LogP contribution in [-0.2, 0) is 16.1 Å². The van der Waals surface area contributed by atoms with Gasteiger partial charge in [0.2, 0.25) is 5.91 Å². The molecule has 3 N–H and O–H groups in total. The molecule has 0 fully saturated rings. The number of halogens is 1. The summed E-state index contributed by atoms with van der Waals surface area (Å²) in [5.74, 6) is 1.57. The highest BCUT2D eigenvalue weighted by Gasteiger charge is 2.13. The molecule has 0 spiro atoms. The second-order valence-corrected chi connectivity index (χ2v) is 5.35. The maximum Gasteiger partial charge on any atom is 0.239 e. The SMILES string of the molecule is CCC(CC)c1cc(CNC(=NC)NCC(=O)NCCOC)on1.I. The third-order valence-corrected chi connectivity index (χ3v) is 3.68. The Balaban J connectivity index is 0.00000576. The second kappa shape index (κ2) is 13.9. The summed E-state index contributed by atoms with van der Waals surface area (Å²) in [4.78, 5) is 15.7. The number of nitrogens with zero attached hydrogens (tertiary/aromatic N) is 2. The fourth-order valence-corrected chi connectivity index (χ4v) is 2.22. The number of rotatable bonds is 10. The molecule has 25 heavy (non-hydrogen) atoms. The van der Waals surface area contributed by atoms with Crippen molar-refractivity contribution >= 4 is 35.8 Å². The van der Waals surface area contributed by atoms with Crippen LogP contribution in [0.1, 0.15) is 44.1 Å². The summed E-state index contributed by atoms with van der Waals surface area (Å²) in [6.45, 7) is 5.86. The van der Waals surface area contributed by atoms with Gasteiger partial charge >= 0.3 is 0 Å². The first-order valence-corrected chi connectivity index (χ1v) is 8.30. The van der Waals surface area contributed by atoms with Crippen molar-refractivity contribution in [3.05, 3.63) is 17.5 Å². The van der Waals surface area contributed by atoms with Crippen molar-refractivity contribution in [2.75, 3.05) is 33.9 Å². The first kappa shape index (κ1) is 23.6. The van der Waals surface area contributed by atoms with Crippen LogP contribution < -0.4 is 16.0 Å². The molecular formula is C16H30IN5O3. The van der Waals surface area contributed by atoms with E-state index in [1.807, 2.05) is 6.07 Å². The molecule has 0 saturated carbocycles. The van der Waals surface area contributed by atoms with Crippen LogP contribution in [0.15, 0.2) is 15.6 Å². The summed E-state index contributed by atoms with van der Waals surface area (Å²) in [5, 5.41) is 12.9. The highest BCUT2D eigenvalue weighted by Crippen LogP contribution is 2.22. The number of aliphatic imine (C=N–C) groups is 1. The molecule has 0 bridgehead atoms. The highest BCUT2D eigenvalue weighted by molar-refractivity contribution is 14.0. The van der Waals surface area contributed by atoms with Gasteiger partial charge in [-0.2, -0.15) is 0 Å². The molecule has 8 nitrogen and oxygen atoms in total. The maximum atomic E-state index is 11.6. The first-order valence-electron chi connectivity index (χ1n) is 8.30. The van der Waals surface area contributed by atoms with Gasteiger partial charge in [0.1, 0.15) is 0 Å². The summed E-state index contributed by atoms with van der Waals surface area (Å²) in [6, 6.07) is 1.97. The van der Waals surface area contributed by atoms with Crippen molar-refractivity contribution in [2.24, 2.45) is 4.99 Å². The smallest absolute Gasteiger partial charge is 0.239 e. The fraction of sp³-hybridized carbons (Fsp3) is 0.688. The number of nitrogens with one attached hydrogen (secondary N) is 3. The minimum atomic E-state index is -0.120. The minimum absolute atomic E-state index is 0. The normalized spacial score (nSPS) is 11.2. The van der Waals surface area contributed by atoms with E-state index in [-0.39, 0.29) is 36.4 Å². The van der Waals surface area contributed by atoms with Gasteiger partial charge in [-0.25, -0.2) is 0 Å². The monoisotopic (exact) mass is 467 g/mol. The maximum absolute atomic E-state index is 11.6. The molecule has 144 valence electrons.